The van der Waals surface area contributed by atoms with E-state index in [-0.39, 0.29) is 11.5 Å². The summed E-state index contributed by atoms with van der Waals surface area (Å²) in [6, 6.07) is 8.44. The van der Waals surface area contributed by atoms with E-state index in [1.165, 1.54) is 10.6 Å². The molecule has 7 heteroatoms. The number of carbonyl (C=O) groups is 1. The van der Waals surface area contributed by atoms with Gasteiger partial charge in [-0.05, 0) is 23.8 Å². The van der Waals surface area contributed by atoms with Crippen LogP contribution in [0.1, 0.15) is 15.9 Å². The van der Waals surface area contributed by atoms with E-state index in [0.717, 1.165) is 5.56 Å². The second kappa shape index (κ2) is 6.27. The Balaban J connectivity index is 1.64. The van der Waals surface area contributed by atoms with Crippen molar-refractivity contribution >= 4 is 5.91 Å². The summed E-state index contributed by atoms with van der Waals surface area (Å²) in [5.41, 5.74) is 0.982. The first-order valence-corrected chi connectivity index (χ1v) is 7.03. The van der Waals surface area contributed by atoms with Crippen LogP contribution >= 0.6 is 0 Å². The quantitative estimate of drug-likeness (QED) is 0.776. The molecule has 3 aromatic rings. The number of nitrogens with zero attached hydrogens (tertiary/aromatic N) is 4. The van der Waals surface area contributed by atoms with Crippen molar-refractivity contribution in [1.82, 2.24) is 24.6 Å². The van der Waals surface area contributed by atoms with E-state index in [1.54, 1.807) is 42.6 Å². The van der Waals surface area contributed by atoms with Crippen molar-refractivity contribution in [2.75, 3.05) is 0 Å². The average molecular weight is 309 g/mol. The minimum Gasteiger partial charge on any atom is -0.348 e. The van der Waals surface area contributed by atoms with Crippen LogP contribution in [-0.2, 0) is 13.6 Å². The molecule has 1 N–H and O–H groups in total. The summed E-state index contributed by atoms with van der Waals surface area (Å²) in [6.07, 6.45) is 6.73. The zero-order valence-electron chi connectivity index (χ0n) is 12.5. The van der Waals surface area contributed by atoms with Gasteiger partial charge in [0.05, 0.1) is 0 Å². The second-order valence-corrected chi connectivity index (χ2v) is 5.02. The Labute approximate surface area is 132 Å². The van der Waals surface area contributed by atoms with Crippen molar-refractivity contribution in [3.63, 3.8) is 0 Å². The highest BCUT2D eigenvalue weighted by Crippen LogP contribution is 2.05. The monoisotopic (exact) mass is 309 g/mol. The third-order valence-corrected chi connectivity index (χ3v) is 3.37. The van der Waals surface area contributed by atoms with Crippen LogP contribution in [0.2, 0.25) is 0 Å². The van der Waals surface area contributed by atoms with E-state index in [2.05, 4.69) is 15.4 Å². The number of rotatable bonds is 4. The fourth-order valence-electron chi connectivity index (χ4n) is 2.04. The SMILES string of the molecule is Cn1ccc(C(=O)NCc2ccc(-n3cccn3)nc2)cc1=O. The number of hydrogen-bond acceptors (Lipinski definition) is 4. The highest BCUT2D eigenvalue weighted by molar-refractivity contribution is 5.93. The highest BCUT2D eigenvalue weighted by Gasteiger charge is 2.07. The van der Waals surface area contributed by atoms with Crippen LogP contribution in [0.5, 0.6) is 0 Å². The Morgan fingerprint density at radius 2 is 2.13 bits per heavy atom. The van der Waals surface area contributed by atoms with Gasteiger partial charge in [-0.15, -0.1) is 0 Å². The number of aromatic nitrogens is 4. The summed E-state index contributed by atoms with van der Waals surface area (Å²) in [7, 11) is 1.64. The maximum Gasteiger partial charge on any atom is 0.251 e. The Kier molecular flexibility index (Phi) is 4.01. The van der Waals surface area contributed by atoms with Gasteiger partial charge in [-0.25, -0.2) is 9.67 Å². The molecule has 7 nitrogen and oxygen atoms in total. The smallest absolute Gasteiger partial charge is 0.251 e. The topological polar surface area (TPSA) is 81.8 Å². The lowest BCUT2D eigenvalue weighted by Gasteiger charge is -2.06. The molecule has 0 aliphatic carbocycles. The average Bonchev–Trinajstić information content (AvgIpc) is 3.10. The lowest BCUT2D eigenvalue weighted by molar-refractivity contribution is 0.0950. The van der Waals surface area contributed by atoms with Crippen molar-refractivity contribution in [3.05, 3.63) is 76.6 Å². The maximum atomic E-state index is 12.0. The fourth-order valence-corrected chi connectivity index (χ4v) is 2.04. The molecular formula is C16H15N5O2. The minimum atomic E-state index is -0.293. The van der Waals surface area contributed by atoms with Gasteiger partial charge >= 0.3 is 0 Å². The van der Waals surface area contributed by atoms with Crippen molar-refractivity contribution in [3.8, 4) is 5.82 Å². The summed E-state index contributed by atoms with van der Waals surface area (Å²) in [4.78, 5) is 27.9. The molecule has 0 aliphatic rings. The van der Waals surface area contributed by atoms with Gasteiger partial charge in [0.15, 0.2) is 5.82 Å². The van der Waals surface area contributed by atoms with Crippen LogP contribution < -0.4 is 10.9 Å². The van der Waals surface area contributed by atoms with Gasteiger partial charge in [0.2, 0.25) is 0 Å². The first kappa shape index (κ1) is 14.7. The van der Waals surface area contributed by atoms with Gasteiger partial charge in [0.1, 0.15) is 0 Å². The molecule has 0 bridgehead atoms. The molecule has 1 amide bonds. The van der Waals surface area contributed by atoms with Gasteiger partial charge in [0.25, 0.3) is 11.5 Å². The van der Waals surface area contributed by atoms with Crippen LogP contribution in [0.25, 0.3) is 5.82 Å². The van der Waals surface area contributed by atoms with E-state index in [0.29, 0.717) is 17.9 Å². The summed E-state index contributed by atoms with van der Waals surface area (Å²) in [6.45, 7) is 0.334. The van der Waals surface area contributed by atoms with E-state index >= 15 is 0 Å². The highest BCUT2D eigenvalue weighted by atomic mass is 16.2. The predicted molar refractivity (Wildman–Crippen MR) is 84.2 cm³/mol. The molecule has 0 fully saturated rings. The van der Waals surface area contributed by atoms with E-state index in [9.17, 15) is 9.59 Å². The standard InChI is InChI=1S/C16H15N5O2/c1-20-8-5-13(9-15(20)22)16(23)18-11-12-3-4-14(17-10-12)21-7-2-6-19-21/h2-10H,11H2,1H3,(H,18,23). The predicted octanol–water partition coefficient (Wildman–Crippen LogP) is 0.896. The van der Waals surface area contributed by atoms with Crippen LogP contribution in [0.15, 0.2) is 59.9 Å². The zero-order chi connectivity index (χ0) is 16.2. The third kappa shape index (κ3) is 3.34. The van der Waals surface area contributed by atoms with Gasteiger partial charge in [0, 0.05) is 50.0 Å². The van der Waals surface area contributed by atoms with Crippen molar-refractivity contribution in [2.24, 2.45) is 7.05 Å². The molecular weight excluding hydrogens is 294 g/mol. The third-order valence-electron chi connectivity index (χ3n) is 3.37. The largest absolute Gasteiger partial charge is 0.348 e. The number of aryl methyl sites for hydroxylation is 1. The summed E-state index contributed by atoms with van der Waals surface area (Å²) in [5.74, 6) is 0.412. The van der Waals surface area contributed by atoms with Crippen LogP contribution in [-0.4, -0.2) is 25.2 Å². The number of nitrogens with one attached hydrogen (secondary N) is 1. The molecule has 3 rings (SSSR count). The first-order chi connectivity index (χ1) is 11.1. The summed E-state index contributed by atoms with van der Waals surface area (Å²) in [5, 5.41) is 6.86. The van der Waals surface area contributed by atoms with Gasteiger partial charge in [-0.3, -0.25) is 9.59 Å². The Morgan fingerprint density at radius 3 is 2.78 bits per heavy atom. The summed E-state index contributed by atoms with van der Waals surface area (Å²) >= 11 is 0. The Morgan fingerprint density at radius 1 is 1.26 bits per heavy atom. The number of amides is 1. The maximum absolute atomic E-state index is 12.0. The van der Waals surface area contributed by atoms with Gasteiger partial charge in [-0.1, -0.05) is 6.07 Å². The zero-order valence-corrected chi connectivity index (χ0v) is 12.5. The molecule has 0 saturated carbocycles. The Bertz CT molecular complexity index is 866. The van der Waals surface area contributed by atoms with Crippen molar-refractivity contribution in [2.45, 2.75) is 6.54 Å². The molecule has 23 heavy (non-hydrogen) atoms. The number of carbonyl (C=O) groups excluding carboxylic acids is 1. The molecule has 0 atom stereocenters. The molecule has 3 aromatic heterocycles. The number of pyridine rings is 2. The first-order valence-electron chi connectivity index (χ1n) is 7.03. The lowest BCUT2D eigenvalue weighted by atomic mass is 10.2. The van der Waals surface area contributed by atoms with E-state index < -0.39 is 0 Å². The molecule has 0 saturated heterocycles. The number of hydrogen-bond donors (Lipinski definition) is 1. The molecule has 3 heterocycles. The van der Waals surface area contributed by atoms with Crippen LogP contribution in [0.4, 0.5) is 0 Å². The normalized spacial score (nSPS) is 10.5. The minimum absolute atomic E-state index is 0.220. The molecule has 116 valence electrons. The van der Waals surface area contributed by atoms with Crippen molar-refractivity contribution in [1.29, 1.82) is 0 Å². The molecule has 0 aliphatic heterocycles. The van der Waals surface area contributed by atoms with Crippen LogP contribution in [0.3, 0.4) is 0 Å². The molecule has 0 radical (unpaired) electrons. The fraction of sp³-hybridized carbons (Fsp3) is 0.125. The second-order valence-electron chi connectivity index (χ2n) is 5.02. The van der Waals surface area contributed by atoms with E-state index in [4.69, 9.17) is 0 Å². The van der Waals surface area contributed by atoms with Crippen molar-refractivity contribution < 1.29 is 4.79 Å². The Hall–Kier alpha value is -3.22. The molecule has 0 aromatic carbocycles. The summed E-state index contributed by atoms with van der Waals surface area (Å²) < 4.78 is 3.07. The van der Waals surface area contributed by atoms with Gasteiger partial charge < -0.3 is 9.88 Å². The van der Waals surface area contributed by atoms with E-state index in [1.807, 2.05) is 18.2 Å². The van der Waals surface area contributed by atoms with Gasteiger partial charge in [-0.2, -0.15) is 5.10 Å². The molecule has 0 unspecified atom stereocenters. The van der Waals surface area contributed by atoms with Crippen LogP contribution in [0, 0.1) is 0 Å². The molecule has 0 spiro atoms. The lowest BCUT2D eigenvalue weighted by Crippen LogP contribution is -2.25.